The largest absolute Gasteiger partial charge is 0.468 e. The summed E-state index contributed by atoms with van der Waals surface area (Å²) in [5, 5.41) is 0. The van der Waals surface area contributed by atoms with Crippen LogP contribution >= 0.6 is 11.8 Å². The zero-order valence-electron chi connectivity index (χ0n) is 4.39. The van der Waals surface area contributed by atoms with Gasteiger partial charge in [-0.2, -0.15) is 0 Å². The second-order valence-electron chi connectivity index (χ2n) is 1.20. The van der Waals surface area contributed by atoms with E-state index >= 15 is 0 Å². The van der Waals surface area contributed by atoms with Gasteiger partial charge in [0.05, 0.1) is 6.61 Å². The van der Waals surface area contributed by atoms with Crippen molar-refractivity contribution in [2.45, 2.75) is 6.42 Å². The summed E-state index contributed by atoms with van der Waals surface area (Å²) < 4.78 is 4.36. The van der Waals surface area contributed by atoms with E-state index in [9.17, 15) is 4.79 Å². The quantitative estimate of drug-likeness (QED) is 0.336. The van der Waals surface area contributed by atoms with E-state index in [0.717, 1.165) is 6.42 Å². The van der Waals surface area contributed by atoms with Crippen molar-refractivity contribution >= 4 is 18.2 Å². The monoisotopic (exact) mass is 137 g/mol. The van der Waals surface area contributed by atoms with E-state index in [4.69, 9.17) is 11.8 Å². The van der Waals surface area contributed by atoms with Crippen molar-refractivity contribution in [3.8, 4) is 0 Å². The van der Waals surface area contributed by atoms with Crippen LogP contribution in [0.4, 0.5) is 0 Å². The van der Waals surface area contributed by atoms with Crippen LogP contribution in [0, 0.1) is 0 Å². The SMILES string of the molecule is O=COCCCNCl. The summed E-state index contributed by atoms with van der Waals surface area (Å²) in [5.74, 6) is 0. The number of ether oxygens (including phenoxy) is 1. The smallest absolute Gasteiger partial charge is 0.293 e. The Morgan fingerprint density at radius 1 is 1.75 bits per heavy atom. The second-order valence-corrected chi connectivity index (χ2v) is 1.47. The number of hydrogen-bond acceptors (Lipinski definition) is 3. The van der Waals surface area contributed by atoms with E-state index in [1.54, 1.807) is 0 Å². The maximum Gasteiger partial charge on any atom is 0.293 e. The minimum Gasteiger partial charge on any atom is -0.468 e. The van der Waals surface area contributed by atoms with Crippen LogP contribution in [0.5, 0.6) is 0 Å². The van der Waals surface area contributed by atoms with Crippen molar-refractivity contribution in [2.24, 2.45) is 0 Å². The van der Waals surface area contributed by atoms with Gasteiger partial charge in [-0.15, -0.1) is 0 Å². The molecule has 4 heteroatoms. The Morgan fingerprint density at radius 2 is 2.50 bits per heavy atom. The summed E-state index contributed by atoms with van der Waals surface area (Å²) in [5.41, 5.74) is 0. The first-order valence-corrected chi connectivity index (χ1v) is 2.68. The molecule has 0 aliphatic rings. The minimum absolute atomic E-state index is 0.425. The van der Waals surface area contributed by atoms with Gasteiger partial charge < -0.3 is 4.74 Å². The number of nitrogens with one attached hydrogen (secondary N) is 1. The molecule has 0 heterocycles. The van der Waals surface area contributed by atoms with Crippen molar-refractivity contribution in [3.05, 3.63) is 0 Å². The first kappa shape index (κ1) is 7.72. The molecule has 48 valence electrons. The number of carbonyl (C=O) groups excluding carboxylic acids is 1. The summed E-state index contributed by atoms with van der Waals surface area (Å²) >= 11 is 5.09. The summed E-state index contributed by atoms with van der Waals surface area (Å²) in [6.07, 6.45) is 0.752. The number of halogens is 1. The molecule has 0 aromatic heterocycles. The number of carbonyl (C=O) groups is 1. The molecular formula is C4H8ClNO2. The lowest BCUT2D eigenvalue weighted by Gasteiger charge is -1.94. The highest BCUT2D eigenvalue weighted by Gasteiger charge is 1.82. The first-order chi connectivity index (χ1) is 3.91. The van der Waals surface area contributed by atoms with Gasteiger partial charge in [-0.05, 0) is 18.2 Å². The fraction of sp³-hybridized carbons (Fsp3) is 0.750. The summed E-state index contributed by atoms with van der Waals surface area (Å²) in [6, 6.07) is 0. The lowest BCUT2D eigenvalue weighted by molar-refractivity contribution is -0.128. The van der Waals surface area contributed by atoms with Gasteiger partial charge in [0.1, 0.15) is 0 Å². The third-order valence-electron chi connectivity index (χ3n) is 0.601. The van der Waals surface area contributed by atoms with Gasteiger partial charge in [0.15, 0.2) is 0 Å². The van der Waals surface area contributed by atoms with Crippen LogP contribution in [0.15, 0.2) is 0 Å². The predicted molar refractivity (Wildman–Crippen MR) is 30.5 cm³/mol. The van der Waals surface area contributed by atoms with E-state index < -0.39 is 0 Å². The molecule has 0 bridgehead atoms. The molecule has 0 radical (unpaired) electrons. The molecule has 0 aromatic rings. The van der Waals surface area contributed by atoms with Crippen LogP contribution in [-0.2, 0) is 9.53 Å². The van der Waals surface area contributed by atoms with Gasteiger partial charge in [0.25, 0.3) is 6.47 Å². The van der Waals surface area contributed by atoms with Crippen molar-refractivity contribution in [2.75, 3.05) is 13.2 Å². The molecular weight excluding hydrogens is 130 g/mol. The Morgan fingerprint density at radius 3 is 3.00 bits per heavy atom. The fourth-order valence-corrected chi connectivity index (χ4v) is 0.404. The highest BCUT2D eigenvalue weighted by molar-refractivity contribution is 6.13. The highest BCUT2D eigenvalue weighted by atomic mass is 35.5. The van der Waals surface area contributed by atoms with Gasteiger partial charge in [-0.1, -0.05) is 0 Å². The molecule has 1 N–H and O–H groups in total. The van der Waals surface area contributed by atoms with Gasteiger partial charge >= 0.3 is 0 Å². The van der Waals surface area contributed by atoms with E-state index in [2.05, 4.69) is 9.57 Å². The molecule has 0 spiro atoms. The van der Waals surface area contributed by atoms with Crippen molar-refractivity contribution in [1.82, 2.24) is 4.84 Å². The Kier molecular flexibility index (Phi) is 6.48. The van der Waals surface area contributed by atoms with Crippen molar-refractivity contribution in [1.29, 1.82) is 0 Å². The molecule has 0 saturated heterocycles. The number of rotatable bonds is 5. The van der Waals surface area contributed by atoms with Crippen LogP contribution in [0.3, 0.4) is 0 Å². The molecule has 8 heavy (non-hydrogen) atoms. The molecule has 0 aliphatic carbocycles. The van der Waals surface area contributed by atoms with E-state index in [1.807, 2.05) is 0 Å². The Bertz CT molecular complexity index is 60.0. The van der Waals surface area contributed by atoms with Gasteiger partial charge in [0.2, 0.25) is 0 Å². The molecule has 0 unspecified atom stereocenters. The average Bonchev–Trinajstić information content (AvgIpc) is 1.81. The van der Waals surface area contributed by atoms with E-state index in [-0.39, 0.29) is 0 Å². The van der Waals surface area contributed by atoms with Crippen LogP contribution < -0.4 is 4.84 Å². The normalized spacial score (nSPS) is 8.62. The van der Waals surface area contributed by atoms with Crippen LogP contribution in [0.25, 0.3) is 0 Å². The molecule has 0 atom stereocenters. The molecule has 0 aliphatic heterocycles. The van der Waals surface area contributed by atoms with Gasteiger partial charge in [0, 0.05) is 6.54 Å². The third kappa shape index (κ3) is 5.72. The third-order valence-corrected chi connectivity index (χ3v) is 0.790. The molecule has 0 rings (SSSR count). The van der Waals surface area contributed by atoms with Gasteiger partial charge in [-0.3, -0.25) is 4.79 Å². The van der Waals surface area contributed by atoms with Crippen LogP contribution in [0.2, 0.25) is 0 Å². The summed E-state index contributed by atoms with van der Waals surface area (Å²) in [7, 11) is 0. The average molecular weight is 138 g/mol. The lowest BCUT2D eigenvalue weighted by Crippen LogP contribution is -2.04. The van der Waals surface area contributed by atoms with Crippen LogP contribution in [-0.4, -0.2) is 19.6 Å². The molecule has 0 aromatic carbocycles. The summed E-state index contributed by atoms with van der Waals surface area (Å²) in [4.78, 5) is 11.9. The van der Waals surface area contributed by atoms with Crippen molar-refractivity contribution < 1.29 is 9.53 Å². The highest BCUT2D eigenvalue weighted by Crippen LogP contribution is 1.76. The zero-order chi connectivity index (χ0) is 6.24. The van der Waals surface area contributed by atoms with E-state index in [1.165, 1.54) is 0 Å². The van der Waals surface area contributed by atoms with E-state index in [0.29, 0.717) is 19.6 Å². The molecule has 0 amide bonds. The topological polar surface area (TPSA) is 38.3 Å². The van der Waals surface area contributed by atoms with Gasteiger partial charge in [-0.25, -0.2) is 4.84 Å². The maximum absolute atomic E-state index is 9.49. The van der Waals surface area contributed by atoms with Crippen LogP contribution in [0.1, 0.15) is 6.42 Å². The maximum atomic E-state index is 9.49. The fourth-order valence-electron chi connectivity index (χ4n) is 0.270. The second kappa shape index (κ2) is 6.72. The zero-order valence-corrected chi connectivity index (χ0v) is 5.15. The molecule has 3 nitrogen and oxygen atoms in total. The Hall–Kier alpha value is -0.280. The standard InChI is InChI=1S/C4H8ClNO2/c5-6-2-1-3-8-4-7/h4,6H,1-3H2. The first-order valence-electron chi connectivity index (χ1n) is 2.30. The molecule has 0 saturated carbocycles. The predicted octanol–water partition coefficient (Wildman–Crippen LogP) is 0.293. The lowest BCUT2D eigenvalue weighted by atomic mass is 10.5. The Labute approximate surface area is 53.1 Å². The molecule has 0 fully saturated rings. The summed E-state index contributed by atoms with van der Waals surface area (Å²) in [6.45, 7) is 1.52. The van der Waals surface area contributed by atoms with Crippen molar-refractivity contribution in [3.63, 3.8) is 0 Å². The minimum atomic E-state index is 0.425. The number of hydrogen-bond donors (Lipinski definition) is 1. The Balaban J connectivity index is 2.62.